The van der Waals surface area contributed by atoms with Crippen LogP contribution in [-0.2, 0) is 16.1 Å². The lowest BCUT2D eigenvalue weighted by Gasteiger charge is -2.16. The number of carbonyl (C=O) groups excluding carboxylic acids is 1. The molecule has 4 nitrogen and oxygen atoms in total. The number of alkyl carbamates (subject to hydrolysis) is 1. The molecule has 1 aromatic carbocycles. The van der Waals surface area contributed by atoms with Crippen LogP contribution in [0.4, 0.5) is 4.79 Å². The number of amides is 1. The Morgan fingerprint density at radius 1 is 1.45 bits per heavy atom. The van der Waals surface area contributed by atoms with E-state index in [4.69, 9.17) is 9.47 Å². The lowest BCUT2D eigenvalue weighted by atomic mass is 10.1. The van der Waals surface area contributed by atoms with Crippen molar-refractivity contribution < 1.29 is 14.3 Å². The minimum atomic E-state index is -0.353. The van der Waals surface area contributed by atoms with Gasteiger partial charge in [0.05, 0.1) is 6.10 Å². The van der Waals surface area contributed by atoms with Gasteiger partial charge in [0.2, 0.25) is 0 Å². The molecule has 110 valence electrons. The van der Waals surface area contributed by atoms with Crippen LogP contribution in [0.1, 0.15) is 38.2 Å². The molecule has 2 rings (SSSR count). The second kappa shape index (κ2) is 7.90. The van der Waals surface area contributed by atoms with Crippen LogP contribution in [0.5, 0.6) is 0 Å². The molecule has 0 aliphatic carbocycles. The highest BCUT2D eigenvalue weighted by Gasteiger charge is 2.17. The largest absolute Gasteiger partial charge is 0.445 e. The molecule has 1 heterocycles. The maximum atomic E-state index is 11.7. The quantitative estimate of drug-likeness (QED) is 0.868. The van der Waals surface area contributed by atoms with E-state index in [0.29, 0.717) is 12.7 Å². The van der Waals surface area contributed by atoms with Crippen LogP contribution < -0.4 is 5.32 Å². The Morgan fingerprint density at radius 3 is 2.95 bits per heavy atom. The number of nitrogens with one attached hydrogen (secondary N) is 1. The Morgan fingerprint density at radius 2 is 2.25 bits per heavy atom. The van der Waals surface area contributed by atoms with Gasteiger partial charge in [0.25, 0.3) is 0 Å². The molecule has 4 heteroatoms. The van der Waals surface area contributed by atoms with Gasteiger partial charge in [-0.25, -0.2) is 4.79 Å². The maximum absolute atomic E-state index is 11.7. The van der Waals surface area contributed by atoms with Gasteiger partial charge in [0.1, 0.15) is 6.61 Å². The molecule has 20 heavy (non-hydrogen) atoms. The number of hydrogen-bond acceptors (Lipinski definition) is 3. The van der Waals surface area contributed by atoms with Crippen molar-refractivity contribution in [2.24, 2.45) is 0 Å². The molecule has 1 aliphatic rings. The van der Waals surface area contributed by atoms with Crippen LogP contribution in [-0.4, -0.2) is 24.8 Å². The normalized spacial score (nSPS) is 19.6. The van der Waals surface area contributed by atoms with E-state index in [1.54, 1.807) is 0 Å². The van der Waals surface area contributed by atoms with Gasteiger partial charge in [-0.3, -0.25) is 0 Å². The first kappa shape index (κ1) is 14.9. The van der Waals surface area contributed by atoms with Crippen LogP contribution in [0.2, 0.25) is 0 Å². The van der Waals surface area contributed by atoms with Gasteiger partial charge in [-0.2, -0.15) is 0 Å². The minimum Gasteiger partial charge on any atom is -0.445 e. The summed E-state index contributed by atoms with van der Waals surface area (Å²) in [7, 11) is 0. The molecule has 1 aromatic rings. The molecule has 1 N–H and O–H groups in total. The molecule has 0 radical (unpaired) electrons. The molecular formula is C16H23NO3. The lowest BCUT2D eigenvalue weighted by Crippen LogP contribution is -2.33. The van der Waals surface area contributed by atoms with Crippen molar-refractivity contribution in [3.63, 3.8) is 0 Å². The van der Waals surface area contributed by atoms with E-state index >= 15 is 0 Å². The topological polar surface area (TPSA) is 47.6 Å². The van der Waals surface area contributed by atoms with Gasteiger partial charge in [-0.15, -0.1) is 0 Å². The van der Waals surface area contributed by atoms with Crippen molar-refractivity contribution in [3.8, 4) is 0 Å². The fourth-order valence-corrected chi connectivity index (χ4v) is 2.35. The summed E-state index contributed by atoms with van der Waals surface area (Å²) in [5.74, 6) is 0. The van der Waals surface area contributed by atoms with Gasteiger partial charge < -0.3 is 14.8 Å². The monoisotopic (exact) mass is 277 g/mol. The van der Waals surface area contributed by atoms with Gasteiger partial charge in [0, 0.05) is 12.6 Å². The number of rotatable bonds is 6. The summed E-state index contributed by atoms with van der Waals surface area (Å²) in [6.45, 7) is 3.19. The number of ether oxygens (including phenoxy) is 2. The van der Waals surface area contributed by atoms with Crippen LogP contribution in [0.3, 0.4) is 0 Å². The Balaban J connectivity index is 1.60. The summed E-state index contributed by atoms with van der Waals surface area (Å²) < 4.78 is 10.8. The van der Waals surface area contributed by atoms with Gasteiger partial charge in [-0.1, -0.05) is 30.3 Å². The number of hydrogen-bond donors (Lipinski definition) is 1. The Labute approximate surface area is 120 Å². The average Bonchev–Trinajstić information content (AvgIpc) is 2.97. The predicted octanol–water partition coefficient (Wildman–Crippen LogP) is 3.26. The Hall–Kier alpha value is -1.55. The van der Waals surface area contributed by atoms with Crippen LogP contribution in [0.25, 0.3) is 0 Å². The molecule has 0 bridgehead atoms. The zero-order chi connectivity index (χ0) is 14.2. The summed E-state index contributed by atoms with van der Waals surface area (Å²) in [6, 6.07) is 9.79. The van der Waals surface area contributed by atoms with Crippen LogP contribution in [0, 0.1) is 0 Å². The fraction of sp³-hybridized carbons (Fsp3) is 0.562. The molecule has 2 atom stereocenters. The maximum Gasteiger partial charge on any atom is 0.407 e. The molecule has 0 saturated carbocycles. The third-order valence-electron chi connectivity index (χ3n) is 3.52. The number of carbonyl (C=O) groups is 1. The molecule has 0 aromatic heterocycles. The molecule has 1 aliphatic heterocycles. The van der Waals surface area contributed by atoms with Crippen molar-refractivity contribution in [2.75, 3.05) is 6.61 Å². The fourth-order valence-electron chi connectivity index (χ4n) is 2.35. The summed E-state index contributed by atoms with van der Waals surface area (Å²) in [4.78, 5) is 11.7. The summed E-state index contributed by atoms with van der Waals surface area (Å²) >= 11 is 0. The Kier molecular flexibility index (Phi) is 5.87. The summed E-state index contributed by atoms with van der Waals surface area (Å²) in [5.41, 5.74) is 0.995. The van der Waals surface area contributed by atoms with Crippen LogP contribution in [0.15, 0.2) is 30.3 Å². The van der Waals surface area contributed by atoms with Gasteiger partial charge in [0.15, 0.2) is 0 Å². The van der Waals surface area contributed by atoms with Crippen molar-refractivity contribution in [1.82, 2.24) is 5.32 Å². The summed E-state index contributed by atoms with van der Waals surface area (Å²) in [5, 5.41) is 2.86. The van der Waals surface area contributed by atoms with Gasteiger partial charge in [-0.05, 0) is 38.2 Å². The lowest BCUT2D eigenvalue weighted by molar-refractivity contribution is 0.0984. The number of benzene rings is 1. The summed E-state index contributed by atoms with van der Waals surface area (Å²) in [6.07, 6.45) is 4.25. The van der Waals surface area contributed by atoms with E-state index in [0.717, 1.165) is 37.9 Å². The third kappa shape index (κ3) is 5.21. The third-order valence-corrected chi connectivity index (χ3v) is 3.52. The SMILES string of the molecule is C[C@@H](CC[C@@H]1CCCO1)NC(=O)OCc1ccccc1. The Bertz CT molecular complexity index is 401. The smallest absolute Gasteiger partial charge is 0.407 e. The van der Waals surface area contributed by atoms with Crippen molar-refractivity contribution in [1.29, 1.82) is 0 Å². The second-order valence-electron chi connectivity index (χ2n) is 5.32. The zero-order valence-corrected chi connectivity index (χ0v) is 12.0. The van der Waals surface area contributed by atoms with E-state index < -0.39 is 0 Å². The molecule has 1 saturated heterocycles. The van der Waals surface area contributed by atoms with E-state index in [1.165, 1.54) is 0 Å². The van der Waals surface area contributed by atoms with E-state index in [-0.39, 0.29) is 12.1 Å². The molecule has 0 spiro atoms. The second-order valence-corrected chi connectivity index (χ2v) is 5.32. The molecular weight excluding hydrogens is 254 g/mol. The first-order valence-corrected chi connectivity index (χ1v) is 7.33. The van der Waals surface area contributed by atoms with Crippen molar-refractivity contribution in [3.05, 3.63) is 35.9 Å². The predicted molar refractivity (Wildman–Crippen MR) is 77.4 cm³/mol. The highest BCUT2D eigenvalue weighted by molar-refractivity contribution is 5.67. The van der Waals surface area contributed by atoms with Crippen molar-refractivity contribution >= 4 is 6.09 Å². The zero-order valence-electron chi connectivity index (χ0n) is 12.0. The van der Waals surface area contributed by atoms with Crippen molar-refractivity contribution in [2.45, 2.75) is 51.4 Å². The first-order chi connectivity index (χ1) is 9.74. The average molecular weight is 277 g/mol. The standard InChI is InChI=1S/C16H23NO3/c1-13(9-10-15-8-5-11-19-15)17-16(18)20-12-14-6-3-2-4-7-14/h2-4,6-7,13,15H,5,8-12H2,1H3,(H,17,18)/t13-,15-/m0/s1. The molecule has 1 amide bonds. The van der Waals surface area contributed by atoms with Crippen LogP contribution >= 0.6 is 0 Å². The highest BCUT2D eigenvalue weighted by atomic mass is 16.5. The first-order valence-electron chi connectivity index (χ1n) is 7.33. The van der Waals surface area contributed by atoms with E-state index in [2.05, 4.69) is 5.32 Å². The van der Waals surface area contributed by atoms with E-state index in [9.17, 15) is 4.79 Å². The molecule has 0 unspecified atom stereocenters. The molecule has 1 fully saturated rings. The van der Waals surface area contributed by atoms with Gasteiger partial charge >= 0.3 is 6.09 Å². The minimum absolute atomic E-state index is 0.113. The highest BCUT2D eigenvalue weighted by Crippen LogP contribution is 2.17. The van der Waals surface area contributed by atoms with E-state index in [1.807, 2.05) is 37.3 Å².